The van der Waals surface area contributed by atoms with Gasteiger partial charge in [0.2, 0.25) is 0 Å². The molecule has 0 bridgehead atoms. The SMILES string of the molecule is COc1ccc2c(c1OC)C(=O)C1=C(C2=O)[C@H]2OC(=O)C[C@H]2O[C@]1(C)O. The number of ether oxygens (including phenoxy) is 4. The standard InChI is InChI=1S/C18H16O8/c1-18(22)13-12(17-9(26-18)6-10(19)25-17)14(20)7-4-5-8(23-2)16(24-3)11(7)15(13)21/h4-5,9,17,22H,6H2,1-3H3/t9-,17+,18+/m1/s1. The third kappa shape index (κ3) is 2.06. The maximum absolute atomic E-state index is 13.2. The Kier molecular flexibility index (Phi) is 3.47. The lowest BCUT2D eigenvalue weighted by Crippen LogP contribution is -2.51. The predicted octanol–water partition coefficient (Wildman–Crippen LogP) is 0.802. The smallest absolute Gasteiger partial charge is 0.309 e. The number of esters is 1. The predicted molar refractivity (Wildman–Crippen MR) is 85.2 cm³/mol. The molecule has 0 aromatic heterocycles. The van der Waals surface area contributed by atoms with Crippen LogP contribution in [0.15, 0.2) is 23.3 Å². The van der Waals surface area contributed by atoms with E-state index in [-0.39, 0.29) is 40.2 Å². The summed E-state index contributed by atoms with van der Waals surface area (Å²) in [7, 11) is 2.76. The van der Waals surface area contributed by atoms with Crippen LogP contribution in [0.1, 0.15) is 34.1 Å². The Labute approximate surface area is 148 Å². The molecule has 1 aromatic rings. The fraction of sp³-hybridized carbons (Fsp3) is 0.389. The number of hydrogen-bond acceptors (Lipinski definition) is 8. The lowest BCUT2D eigenvalue weighted by Gasteiger charge is -2.40. The van der Waals surface area contributed by atoms with E-state index in [9.17, 15) is 19.5 Å². The van der Waals surface area contributed by atoms with E-state index < -0.39 is 35.5 Å². The Balaban J connectivity index is 1.98. The van der Waals surface area contributed by atoms with Crippen molar-refractivity contribution in [2.24, 2.45) is 0 Å². The summed E-state index contributed by atoms with van der Waals surface area (Å²) in [5, 5.41) is 10.7. The highest BCUT2D eigenvalue weighted by Gasteiger charge is 2.56. The van der Waals surface area contributed by atoms with Crippen molar-refractivity contribution in [3.05, 3.63) is 34.4 Å². The summed E-state index contributed by atoms with van der Waals surface area (Å²) in [6, 6.07) is 2.97. The maximum atomic E-state index is 13.2. The number of fused-ring (bicyclic) bond motifs is 3. The fourth-order valence-electron chi connectivity index (χ4n) is 3.82. The number of benzene rings is 1. The first-order valence-corrected chi connectivity index (χ1v) is 7.98. The van der Waals surface area contributed by atoms with Crippen LogP contribution in [0.25, 0.3) is 0 Å². The van der Waals surface area contributed by atoms with Crippen LogP contribution in [-0.4, -0.2) is 54.9 Å². The zero-order valence-electron chi connectivity index (χ0n) is 14.3. The highest BCUT2D eigenvalue weighted by atomic mass is 16.7. The van der Waals surface area contributed by atoms with Gasteiger partial charge in [0.15, 0.2) is 35.0 Å². The van der Waals surface area contributed by atoms with Gasteiger partial charge >= 0.3 is 5.97 Å². The van der Waals surface area contributed by atoms with Crippen LogP contribution in [0.4, 0.5) is 0 Å². The molecule has 4 rings (SSSR count). The van der Waals surface area contributed by atoms with Crippen LogP contribution in [0.5, 0.6) is 11.5 Å². The first-order valence-electron chi connectivity index (χ1n) is 7.98. The van der Waals surface area contributed by atoms with Crippen molar-refractivity contribution in [3.63, 3.8) is 0 Å². The molecule has 2 heterocycles. The highest BCUT2D eigenvalue weighted by molar-refractivity contribution is 6.29. The molecule has 26 heavy (non-hydrogen) atoms. The van der Waals surface area contributed by atoms with Crippen molar-refractivity contribution in [1.29, 1.82) is 0 Å². The molecule has 1 aliphatic carbocycles. The minimum Gasteiger partial charge on any atom is -0.493 e. The number of Topliss-reactive ketones (excluding diaryl/α,β-unsaturated/α-hetero) is 2. The zero-order valence-corrected chi connectivity index (χ0v) is 14.3. The number of aliphatic hydroxyl groups is 1. The fourth-order valence-corrected chi connectivity index (χ4v) is 3.82. The average Bonchev–Trinajstić information content (AvgIpc) is 2.95. The molecule has 2 aliphatic heterocycles. The van der Waals surface area contributed by atoms with Crippen molar-refractivity contribution >= 4 is 17.5 Å². The van der Waals surface area contributed by atoms with Crippen molar-refractivity contribution in [1.82, 2.24) is 0 Å². The first kappa shape index (κ1) is 16.7. The second kappa shape index (κ2) is 5.39. The van der Waals surface area contributed by atoms with Gasteiger partial charge in [0.25, 0.3) is 0 Å². The summed E-state index contributed by atoms with van der Waals surface area (Å²) in [5.74, 6) is -3.36. The maximum Gasteiger partial charge on any atom is 0.309 e. The molecule has 0 radical (unpaired) electrons. The van der Waals surface area contributed by atoms with Crippen LogP contribution < -0.4 is 9.47 Å². The summed E-state index contributed by atoms with van der Waals surface area (Å²) in [5.41, 5.74) is -0.188. The van der Waals surface area contributed by atoms with Gasteiger partial charge in [-0.15, -0.1) is 0 Å². The minimum absolute atomic E-state index is 0.0118. The summed E-state index contributed by atoms with van der Waals surface area (Å²) < 4.78 is 21.2. The number of rotatable bonds is 2. The van der Waals surface area contributed by atoms with Gasteiger partial charge in [-0.3, -0.25) is 14.4 Å². The summed E-state index contributed by atoms with van der Waals surface area (Å²) >= 11 is 0. The van der Waals surface area contributed by atoms with Crippen LogP contribution in [0.2, 0.25) is 0 Å². The number of carbonyl (C=O) groups excluding carboxylic acids is 3. The Morgan fingerprint density at radius 3 is 2.54 bits per heavy atom. The molecule has 0 unspecified atom stereocenters. The topological polar surface area (TPSA) is 108 Å². The molecule has 0 spiro atoms. The number of hydrogen-bond donors (Lipinski definition) is 1. The Bertz CT molecular complexity index is 895. The quantitative estimate of drug-likeness (QED) is 0.772. The van der Waals surface area contributed by atoms with Gasteiger partial charge in [-0.05, 0) is 19.1 Å². The van der Waals surface area contributed by atoms with Crippen molar-refractivity contribution in [3.8, 4) is 11.5 Å². The molecule has 3 atom stereocenters. The van der Waals surface area contributed by atoms with Crippen molar-refractivity contribution < 1.29 is 38.4 Å². The van der Waals surface area contributed by atoms with Crippen molar-refractivity contribution in [2.45, 2.75) is 31.3 Å². The van der Waals surface area contributed by atoms with Gasteiger partial charge in [-0.2, -0.15) is 0 Å². The van der Waals surface area contributed by atoms with E-state index in [1.165, 1.54) is 33.3 Å². The van der Waals surface area contributed by atoms with Crippen molar-refractivity contribution in [2.75, 3.05) is 14.2 Å². The summed E-state index contributed by atoms with van der Waals surface area (Å²) in [6.07, 6.45) is -1.94. The molecular formula is C18H16O8. The lowest BCUT2D eigenvalue weighted by atomic mass is 9.76. The number of ketones is 2. The van der Waals surface area contributed by atoms with Gasteiger partial charge in [-0.1, -0.05) is 0 Å². The second-order valence-corrected chi connectivity index (χ2v) is 6.42. The molecule has 1 N–H and O–H groups in total. The van der Waals surface area contributed by atoms with Crippen LogP contribution >= 0.6 is 0 Å². The first-order chi connectivity index (χ1) is 12.3. The third-order valence-corrected chi connectivity index (χ3v) is 4.85. The van der Waals surface area contributed by atoms with Gasteiger partial charge in [-0.25, -0.2) is 0 Å². The van der Waals surface area contributed by atoms with E-state index in [0.29, 0.717) is 0 Å². The van der Waals surface area contributed by atoms with E-state index >= 15 is 0 Å². The molecule has 8 heteroatoms. The molecule has 8 nitrogen and oxygen atoms in total. The highest BCUT2D eigenvalue weighted by Crippen LogP contribution is 2.47. The van der Waals surface area contributed by atoms with E-state index in [1.807, 2.05) is 0 Å². The largest absolute Gasteiger partial charge is 0.493 e. The minimum atomic E-state index is -2.04. The molecule has 136 valence electrons. The third-order valence-electron chi connectivity index (χ3n) is 4.85. The van der Waals surface area contributed by atoms with Crippen LogP contribution in [0.3, 0.4) is 0 Å². The number of carbonyl (C=O) groups is 3. The number of methoxy groups -OCH3 is 2. The molecule has 3 aliphatic rings. The van der Waals surface area contributed by atoms with Gasteiger partial charge < -0.3 is 24.1 Å². The molecule has 0 saturated carbocycles. The van der Waals surface area contributed by atoms with Gasteiger partial charge in [0, 0.05) is 5.56 Å². The van der Waals surface area contributed by atoms with E-state index in [2.05, 4.69) is 0 Å². The lowest BCUT2D eigenvalue weighted by molar-refractivity contribution is -0.206. The Hall–Kier alpha value is -2.71. The second-order valence-electron chi connectivity index (χ2n) is 6.42. The Morgan fingerprint density at radius 1 is 1.15 bits per heavy atom. The summed E-state index contributed by atoms with van der Waals surface area (Å²) in [4.78, 5) is 38.0. The Morgan fingerprint density at radius 2 is 1.88 bits per heavy atom. The summed E-state index contributed by atoms with van der Waals surface area (Å²) in [6.45, 7) is 1.27. The van der Waals surface area contributed by atoms with Gasteiger partial charge in [0.05, 0.1) is 37.4 Å². The van der Waals surface area contributed by atoms with E-state index in [1.54, 1.807) is 0 Å². The molecule has 1 fully saturated rings. The molecule has 1 aromatic carbocycles. The average molecular weight is 360 g/mol. The molecule has 1 saturated heterocycles. The zero-order chi connectivity index (χ0) is 18.8. The van der Waals surface area contributed by atoms with E-state index in [4.69, 9.17) is 18.9 Å². The van der Waals surface area contributed by atoms with Crippen LogP contribution in [-0.2, 0) is 14.3 Å². The van der Waals surface area contributed by atoms with Gasteiger partial charge in [0.1, 0.15) is 6.10 Å². The van der Waals surface area contributed by atoms with Crippen LogP contribution in [0, 0.1) is 0 Å². The normalized spacial score (nSPS) is 29.8. The molecule has 0 amide bonds. The monoisotopic (exact) mass is 360 g/mol. The molecular weight excluding hydrogens is 344 g/mol. The van der Waals surface area contributed by atoms with E-state index in [0.717, 1.165) is 0 Å².